The van der Waals surface area contributed by atoms with Crippen molar-refractivity contribution in [1.29, 1.82) is 0 Å². The Morgan fingerprint density at radius 1 is 1.54 bits per heavy atom. The average Bonchev–Trinajstić information content (AvgIpc) is 3.21. The molecule has 1 spiro atoms. The number of hydrogen-bond donors (Lipinski definition) is 1. The number of carbonyl (C=O) groups excluding carboxylic acids is 1. The van der Waals surface area contributed by atoms with Gasteiger partial charge in [0.1, 0.15) is 17.0 Å². The molecule has 0 saturated carbocycles. The van der Waals surface area contributed by atoms with Crippen molar-refractivity contribution < 1.29 is 22.7 Å². The zero-order valence-corrected chi connectivity index (χ0v) is 16.2. The molecular weight excluding hydrogens is 393 g/mol. The van der Waals surface area contributed by atoms with Crippen LogP contribution in [0.4, 0.5) is 18.3 Å². The molecule has 0 aliphatic carbocycles. The summed E-state index contributed by atoms with van der Waals surface area (Å²) in [6.45, 7) is 4.25. The smallest absolute Gasteiger partial charge is 0.280 e. The predicted molar refractivity (Wildman–Crippen MR) is 97.1 cm³/mol. The topological polar surface area (TPSA) is 67.4 Å². The van der Waals surface area contributed by atoms with E-state index in [1.54, 1.807) is 0 Å². The zero-order valence-electron chi connectivity index (χ0n) is 15.3. The van der Waals surface area contributed by atoms with E-state index in [1.807, 2.05) is 6.92 Å². The van der Waals surface area contributed by atoms with Gasteiger partial charge in [0.2, 0.25) is 11.9 Å². The number of ether oxygens (including phenoxy) is 1. The first-order valence-corrected chi connectivity index (χ1v) is 9.69. The van der Waals surface area contributed by atoms with Gasteiger partial charge in [-0.15, -0.1) is 0 Å². The minimum Gasteiger partial charge on any atom is -0.484 e. The number of fused-ring (bicyclic) bond motifs is 1. The normalized spacial score (nSPS) is 24.0. The van der Waals surface area contributed by atoms with Gasteiger partial charge in [0.25, 0.3) is 6.43 Å². The summed E-state index contributed by atoms with van der Waals surface area (Å²) in [5.41, 5.74) is -0.0398. The van der Waals surface area contributed by atoms with E-state index < -0.39 is 18.0 Å². The molecule has 150 valence electrons. The molecule has 2 aliphatic heterocycles. The first kappa shape index (κ1) is 19.1. The summed E-state index contributed by atoms with van der Waals surface area (Å²) in [6, 6.07) is 1.52. The fourth-order valence-corrected chi connectivity index (χ4v) is 4.87. The fraction of sp³-hybridized carbons (Fsp3) is 0.500. The number of amides is 1. The Hall–Kier alpha value is -2.20. The van der Waals surface area contributed by atoms with Gasteiger partial charge in [-0.3, -0.25) is 14.7 Å². The molecule has 28 heavy (non-hydrogen) atoms. The molecule has 0 bridgehead atoms. The van der Waals surface area contributed by atoms with Gasteiger partial charge in [0, 0.05) is 44.5 Å². The first-order chi connectivity index (χ1) is 13.2. The summed E-state index contributed by atoms with van der Waals surface area (Å²) < 4.78 is 46.1. The number of rotatable bonds is 4. The lowest BCUT2D eigenvalue weighted by molar-refractivity contribution is -0.114. The van der Waals surface area contributed by atoms with E-state index in [9.17, 15) is 18.0 Å². The fourth-order valence-electron chi connectivity index (χ4n) is 3.96. The van der Waals surface area contributed by atoms with E-state index in [-0.39, 0.29) is 22.8 Å². The lowest BCUT2D eigenvalue weighted by atomic mass is 9.94. The van der Waals surface area contributed by atoms with Gasteiger partial charge in [0.15, 0.2) is 5.13 Å². The van der Waals surface area contributed by atoms with Crippen LogP contribution in [0, 0.1) is 5.95 Å². The van der Waals surface area contributed by atoms with Gasteiger partial charge in [-0.25, -0.2) is 8.78 Å². The van der Waals surface area contributed by atoms with Gasteiger partial charge in [-0.2, -0.15) is 9.37 Å². The van der Waals surface area contributed by atoms with Crippen molar-refractivity contribution in [2.75, 3.05) is 11.9 Å². The maximum absolute atomic E-state index is 14.2. The van der Waals surface area contributed by atoms with Crippen molar-refractivity contribution in [2.24, 2.45) is 0 Å². The highest BCUT2D eigenvalue weighted by atomic mass is 32.1. The van der Waals surface area contributed by atoms with Crippen LogP contribution in [-0.2, 0) is 17.8 Å². The number of alkyl halides is 2. The molecule has 1 amide bonds. The molecule has 2 atom stereocenters. The Morgan fingerprint density at radius 3 is 3.04 bits per heavy atom. The van der Waals surface area contributed by atoms with Gasteiger partial charge >= 0.3 is 0 Å². The number of hydrogen-bond acceptors (Lipinski definition) is 6. The second-order valence-corrected chi connectivity index (χ2v) is 8.44. The van der Waals surface area contributed by atoms with Crippen molar-refractivity contribution in [3.63, 3.8) is 0 Å². The summed E-state index contributed by atoms with van der Waals surface area (Å²) in [4.78, 5) is 21.2. The number of halogens is 3. The van der Waals surface area contributed by atoms with Crippen molar-refractivity contribution >= 4 is 22.4 Å². The number of anilines is 1. The van der Waals surface area contributed by atoms with Crippen LogP contribution in [-0.4, -0.2) is 39.0 Å². The van der Waals surface area contributed by atoms with E-state index in [2.05, 4.69) is 20.2 Å². The van der Waals surface area contributed by atoms with Crippen LogP contribution in [0.15, 0.2) is 12.3 Å². The molecule has 2 aromatic heterocycles. The Balaban J connectivity index is 1.48. The molecule has 4 rings (SSSR count). The molecule has 10 heteroatoms. The number of aromatic nitrogens is 2. The van der Waals surface area contributed by atoms with Crippen LogP contribution in [0.3, 0.4) is 0 Å². The highest BCUT2D eigenvalue weighted by Crippen LogP contribution is 2.43. The number of nitrogens with zero attached hydrogens (tertiary/aromatic N) is 3. The summed E-state index contributed by atoms with van der Waals surface area (Å²) in [5, 5.41) is 2.73. The maximum Gasteiger partial charge on any atom is 0.280 e. The Labute approximate surface area is 163 Å². The molecule has 0 unspecified atom stereocenters. The van der Waals surface area contributed by atoms with Gasteiger partial charge in [-0.05, 0) is 13.0 Å². The van der Waals surface area contributed by atoms with Crippen molar-refractivity contribution in [3.8, 4) is 5.75 Å². The lowest BCUT2D eigenvalue weighted by Crippen LogP contribution is -2.37. The molecule has 6 nitrogen and oxygen atoms in total. The van der Waals surface area contributed by atoms with E-state index in [0.717, 1.165) is 16.9 Å². The van der Waals surface area contributed by atoms with E-state index in [0.29, 0.717) is 36.6 Å². The molecule has 2 aromatic rings. The second-order valence-electron chi connectivity index (χ2n) is 7.35. The number of carbonyl (C=O) groups is 1. The highest BCUT2D eigenvalue weighted by Gasteiger charge is 2.48. The van der Waals surface area contributed by atoms with Gasteiger partial charge in [-0.1, -0.05) is 11.3 Å². The maximum atomic E-state index is 14.2. The minimum absolute atomic E-state index is 0.113. The van der Waals surface area contributed by atoms with Crippen LogP contribution in [0.2, 0.25) is 0 Å². The summed E-state index contributed by atoms with van der Waals surface area (Å²) >= 11 is 1.11. The van der Waals surface area contributed by atoms with E-state index in [1.165, 1.54) is 19.2 Å². The largest absolute Gasteiger partial charge is 0.484 e. The van der Waals surface area contributed by atoms with Crippen LogP contribution >= 0.6 is 11.3 Å². The summed E-state index contributed by atoms with van der Waals surface area (Å²) in [5.74, 6) is -0.360. The summed E-state index contributed by atoms with van der Waals surface area (Å²) in [7, 11) is 0. The molecular formula is C18H19F3N4O2S. The molecule has 1 N–H and O–H groups in total. The number of thiazole rings is 1. The molecule has 2 aliphatic rings. The average molecular weight is 412 g/mol. The second kappa shape index (κ2) is 7.00. The molecule has 1 fully saturated rings. The quantitative estimate of drug-likeness (QED) is 0.832. The molecule has 0 radical (unpaired) electrons. The van der Waals surface area contributed by atoms with Crippen LogP contribution in [0.25, 0.3) is 0 Å². The third kappa shape index (κ3) is 3.58. The highest BCUT2D eigenvalue weighted by molar-refractivity contribution is 7.15. The monoisotopic (exact) mass is 412 g/mol. The van der Waals surface area contributed by atoms with Crippen LogP contribution < -0.4 is 10.1 Å². The van der Waals surface area contributed by atoms with E-state index in [4.69, 9.17) is 4.74 Å². The third-order valence-electron chi connectivity index (χ3n) is 5.09. The number of nitrogens with one attached hydrogen (secondary N) is 1. The lowest BCUT2D eigenvalue weighted by Gasteiger charge is -2.23. The van der Waals surface area contributed by atoms with E-state index >= 15 is 0 Å². The third-order valence-corrected chi connectivity index (χ3v) is 6.02. The Morgan fingerprint density at radius 2 is 2.32 bits per heavy atom. The van der Waals surface area contributed by atoms with Crippen molar-refractivity contribution in [1.82, 2.24) is 14.9 Å². The standard InChI is InChI=1S/C18H19F3N4O2S/c1-9-4-18(5-11-3-12(15(19)20)22-6-13(11)27-18)8-25(9)7-14-16(21)24-17(28-14)23-10(2)26/h3,6,9,15H,4-5,7-8H2,1-2H3,(H,23,24,26)/t9-,18-/m0/s1. The number of likely N-dealkylation sites (tertiary alicyclic amines) is 1. The number of pyridine rings is 1. The van der Waals surface area contributed by atoms with Gasteiger partial charge < -0.3 is 10.1 Å². The molecule has 4 heterocycles. The van der Waals surface area contributed by atoms with Crippen LogP contribution in [0.5, 0.6) is 5.75 Å². The first-order valence-electron chi connectivity index (χ1n) is 8.87. The summed E-state index contributed by atoms with van der Waals surface area (Å²) in [6.07, 6.45) is -0.0344. The SMILES string of the molecule is CC(=O)Nc1nc(F)c(CN2C[C@@]3(Cc4cc(C(F)F)ncc4O3)C[C@@H]2C)s1. The predicted octanol–water partition coefficient (Wildman–Crippen LogP) is 3.54. The van der Waals surface area contributed by atoms with Gasteiger partial charge in [0.05, 0.1) is 11.1 Å². The van der Waals surface area contributed by atoms with Crippen molar-refractivity contribution in [2.45, 2.75) is 51.3 Å². The minimum atomic E-state index is -2.62. The molecule has 1 saturated heterocycles. The zero-order chi connectivity index (χ0) is 20.1. The molecule has 0 aromatic carbocycles. The van der Waals surface area contributed by atoms with Crippen LogP contribution in [0.1, 0.15) is 42.8 Å². The Kier molecular flexibility index (Phi) is 4.78. The van der Waals surface area contributed by atoms with Crippen molar-refractivity contribution in [3.05, 3.63) is 34.3 Å². The Bertz CT molecular complexity index is 922.